The summed E-state index contributed by atoms with van der Waals surface area (Å²) in [6, 6.07) is 1.98. The predicted molar refractivity (Wildman–Crippen MR) is 80.7 cm³/mol. The fourth-order valence-corrected chi connectivity index (χ4v) is 3.52. The van der Waals surface area contributed by atoms with Gasteiger partial charge in [0.2, 0.25) is 5.91 Å². The number of nitrogens with one attached hydrogen (secondary N) is 2. The number of hydrazine groups is 1. The average molecular weight is 294 g/mol. The minimum atomic E-state index is -0.201. The van der Waals surface area contributed by atoms with Crippen molar-refractivity contribution in [1.29, 1.82) is 0 Å². The van der Waals surface area contributed by atoms with Crippen molar-refractivity contribution < 1.29 is 9.59 Å². The Kier molecular flexibility index (Phi) is 5.59. The second-order valence-corrected chi connectivity index (χ2v) is 6.36. The molecule has 1 aromatic rings. The molecule has 2 rings (SSSR count). The molecule has 4 nitrogen and oxygen atoms in total. The van der Waals surface area contributed by atoms with E-state index in [2.05, 4.69) is 10.9 Å². The Balaban J connectivity index is 1.88. The summed E-state index contributed by atoms with van der Waals surface area (Å²) >= 11 is 1.56. The van der Waals surface area contributed by atoms with Crippen molar-refractivity contribution in [3.05, 3.63) is 21.4 Å². The standard InChI is InChI=1S/C15H22N2O2S/c1-2-3-9-14(18)16-17-15(19)13-10-11-7-5-4-6-8-12(11)20-13/h10H,2-9H2,1H3,(H,16,18)(H,17,19). The Bertz CT molecular complexity index is 459. The number of carbonyl (C=O) groups is 2. The summed E-state index contributed by atoms with van der Waals surface area (Å²) in [6.45, 7) is 2.03. The molecular weight excluding hydrogens is 272 g/mol. The van der Waals surface area contributed by atoms with E-state index >= 15 is 0 Å². The van der Waals surface area contributed by atoms with Gasteiger partial charge >= 0.3 is 0 Å². The van der Waals surface area contributed by atoms with Crippen LogP contribution in [0.5, 0.6) is 0 Å². The van der Waals surface area contributed by atoms with Gasteiger partial charge in [0.1, 0.15) is 0 Å². The van der Waals surface area contributed by atoms with Gasteiger partial charge in [-0.2, -0.15) is 0 Å². The number of carbonyl (C=O) groups excluding carboxylic acids is 2. The molecule has 110 valence electrons. The van der Waals surface area contributed by atoms with E-state index in [1.807, 2.05) is 13.0 Å². The van der Waals surface area contributed by atoms with Crippen LogP contribution in [0.15, 0.2) is 6.07 Å². The number of amides is 2. The Morgan fingerprint density at radius 3 is 2.80 bits per heavy atom. The van der Waals surface area contributed by atoms with Crippen LogP contribution in [0, 0.1) is 0 Å². The quantitative estimate of drug-likeness (QED) is 0.662. The maximum absolute atomic E-state index is 12.0. The highest BCUT2D eigenvalue weighted by Crippen LogP contribution is 2.28. The van der Waals surface area contributed by atoms with Crippen LogP contribution in [0.4, 0.5) is 0 Å². The van der Waals surface area contributed by atoms with Gasteiger partial charge in [-0.15, -0.1) is 11.3 Å². The van der Waals surface area contributed by atoms with Crippen LogP contribution in [0.2, 0.25) is 0 Å². The van der Waals surface area contributed by atoms with Gasteiger partial charge in [-0.05, 0) is 43.7 Å². The fraction of sp³-hybridized carbons (Fsp3) is 0.600. The number of hydrogen-bond acceptors (Lipinski definition) is 3. The molecule has 2 N–H and O–H groups in total. The van der Waals surface area contributed by atoms with E-state index in [1.54, 1.807) is 11.3 Å². The molecule has 2 amide bonds. The molecule has 0 bridgehead atoms. The van der Waals surface area contributed by atoms with E-state index in [0.717, 1.165) is 25.7 Å². The van der Waals surface area contributed by atoms with Crippen molar-refractivity contribution in [2.45, 2.75) is 58.3 Å². The first kappa shape index (κ1) is 15.0. The van der Waals surface area contributed by atoms with E-state index in [1.165, 1.54) is 29.7 Å². The van der Waals surface area contributed by atoms with Gasteiger partial charge in [0, 0.05) is 11.3 Å². The molecule has 0 radical (unpaired) electrons. The highest BCUT2D eigenvalue weighted by atomic mass is 32.1. The number of thiophene rings is 1. The Hall–Kier alpha value is -1.36. The third-order valence-electron chi connectivity index (χ3n) is 3.54. The fourth-order valence-electron chi connectivity index (χ4n) is 2.37. The zero-order valence-electron chi connectivity index (χ0n) is 12.0. The van der Waals surface area contributed by atoms with Gasteiger partial charge < -0.3 is 0 Å². The largest absolute Gasteiger partial charge is 0.279 e. The highest BCUT2D eigenvalue weighted by Gasteiger charge is 2.16. The first-order valence-electron chi connectivity index (χ1n) is 7.41. The SMILES string of the molecule is CCCCC(=O)NNC(=O)c1cc2c(s1)CCCCC2. The maximum Gasteiger partial charge on any atom is 0.279 e. The topological polar surface area (TPSA) is 58.2 Å². The van der Waals surface area contributed by atoms with Crippen LogP contribution in [-0.4, -0.2) is 11.8 Å². The third kappa shape index (κ3) is 4.07. The highest BCUT2D eigenvalue weighted by molar-refractivity contribution is 7.14. The smallest absolute Gasteiger partial charge is 0.273 e. The zero-order chi connectivity index (χ0) is 14.4. The van der Waals surface area contributed by atoms with Crippen LogP contribution in [0.1, 0.15) is 65.6 Å². The number of aryl methyl sites for hydroxylation is 2. The van der Waals surface area contributed by atoms with E-state index < -0.39 is 0 Å². The van der Waals surface area contributed by atoms with E-state index in [-0.39, 0.29) is 11.8 Å². The molecule has 0 aliphatic heterocycles. The normalized spacial score (nSPS) is 14.2. The lowest BCUT2D eigenvalue weighted by atomic mass is 10.1. The lowest BCUT2D eigenvalue weighted by Crippen LogP contribution is -2.41. The number of rotatable bonds is 4. The van der Waals surface area contributed by atoms with E-state index in [4.69, 9.17) is 0 Å². The molecule has 1 aromatic heterocycles. The van der Waals surface area contributed by atoms with E-state index in [9.17, 15) is 9.59 Å². The maximum atomic E-state index is 12.0. The number of unbranched alkanes of at least 4 members (excludes halogenated alkanes) is 1. The molecule has 0 unspecified atom stereocenters. The molecule has 1 aliphatic rings. The van der Waals surface area contributed by atoms with Gasteiger partial charge in [-0.3, -0.25) is 20.4 Å². The van der Waals surface area contributed by atoms with Crippen LogP contribution in [0.3, 0.4) is 0 Å². The first-order valence-corrected chi connectivity index (χ1v) is 8.23. The number of hydrogen-bond donors (Lipinski definition) is 2. The summed E-state index contributed by atoms with van der Waals surface area (Å²) in [5.41, 5.74) is 6.30. The molecule has 1 heterocycles. The third-order valence-corrected chi connectivity index (χ3v) is 4.78. The molecule has 5 heteroatoms. The van der Waals surface area contributed by atoms with Crippen molar-refractivity contribution >= 4 is 23.2 Å². The van der Waals surface area contributed by atoms with Crippen LogP contribution in [-0.2, 0) is 17.6 Å². The second kappa shape index (κ2) is 7.43. The summed E-state index contributed by atoms with van der Waals surface area (Å²) in [4.78, 5) is 25.5. The Labute approximate surface area is 123 Å². The van der Waals surface area contributed by atoms with Crippen molar-refractivity contribution in [2.75, 3.05) is 0 Å². The van der Waals surface area contributed by atoms with Crippen molar-refractivity contribution in [2.24, 2.45) is 0 Å². The molecule has 0 spiro atoms. The minimum absolute atomic E-state index is 0.127. The zero-order valence-corrected chi connectivity index (χ0v) is 12.8. The molecule has 1 aliphatic carbocycles. The van der Waals surface area contributed by atoms with Crippen molar-refractivity contribution in [3.8, 4) is 0 Å². The predicted octanol–water partition coefficient (Wildman–Crippen LogP) is 2.97. The van der Waals surface area contributed by atoms with Gasteiger partial charge in [0.15, 0.2) is 0 Å². The molecular formula is C15H22N2O2S. The van der Waals surface area contributed by atoms with Gasteiger partial charge in [-0.1, -0.05) is 19.8 Å². The summed E-state index contributed by atoms with van der Waals surface area (Å²) in [7, 11) is 0. The van der Waals surface area contributed by atoms with E-state index in [0.29, 0.717) is 11.3 Å². The molecule has 0 fully saturated rings. The Morgan fingerprint density at radius 1 is 1.20 bits per heavy atom. The lowest BCUT2D eigenvalue weighted by Gasteiger charge is -2.05. The molecule has 0 atom stereocenters. The summed E-state index contributed by atoms with van der Waals surface area (Å²) in [5.74, 6) is -0.328. The Morgan fingerprint density at radius 2 is 2.00 bits per heavy atom. The lowest BCUT2D eigenvalue weighted by molar-refractivity contribution is -0.121. The van der Waals surface area contributed by atoms with Crippen molar-refractivity contribution in [1.82, 2.24) is 10.9 Å². The molecule has 0 saturated carbocycles. The molecule has 0 saturated heterocycles. The average Bonchev–Trinajstić information content (AvgIpc) is 2.73. The monoisotopic (exact) mass is 294 g/mol. The van der Waals surface area contributed by atoms with Gasteiger partial charge in [0.25, 0.3) is 5.91 Å². The minimum Gasteiger partial charge on any atom is -0.273 e. The first-order chi connectivity index (χ1) is 9.70. The van der Waals surface area contributed by atoms with Gasteiger partial charge in [-0.25, -0.2) is 0 Å². The van der Waals surface area contributed by atoms with Crippen LogP contribution < -0.4 is 10.9 Å². The molecule has 0 aromatic carbocycles. The van der Waals surface area contributed by atoms with Gasteiger partial charge in [0.05, 0.1) is 4.88 Å². The summed E-state index contributed by atoms with van der Waals surface area (Å²) in [6.07, 6.45) is 8.11. The summed E-state index contributed by atoms with van der Waals surface area (Å²) < 4.78 is 0. The summed E-state index contributed by atoms with van der Waals surface area (Å²) in [5, 5.41) is 0. The van der Waals surface area contributed by atoms with Crippen LogP contribution >= 0.6 is 11.3 Å². The second-order valence-electron chi connectivity index (χ2n) is 5.23. The molecule has 20 heavy (non-hydrogen) atoms. The van der Waals surface area contributed by atoms with Crippen LogP contribution in [0.25, 0.3) is 0 Å². The van der Waals surface area contributed by atoms with Crippen molar-refractivity contribution in [3.63, 3.8) is 0 Å². The number of fused-ring (bicyclic) bond motifs is 1.